The zero-order valence-electron chi connectivity index (χ0n) is 5.51. The quantitative estimate of drug-likeness (QED) is 0.536. The van der Waals surface area contributed by atoms with Gasteiger partial charge in [0.05, 0.1) is 5.56 Å². The van der Waals surface area contributed by atoms with Gasteiger partial charge < -0.3 is 4.85 Å². The lowest BCUT2D eigenvalue weighted by atomic mass is 10.3. The number of pyridine rings is 1. The first-order valence-electron chi connectivity index (χ1n) is 2.87. The number of rotatable bonds is 1. The minimum atomic E-state index is 0.283. The molecule has 0 fully saturated rings. The van der Waals surface area contributed by atoms with E-state index in [9.17, 15) is 0 Å². The van der Waals surface area contributed by atoms with Crippen molar-refractivity contribution < 1.29 is 0 Å². The van der Waals surface area contributed by atoms with Gasteiger partial charge in [-0.15, -0.1) is 0 Å². The van der Waals surface area contributed by atoms with E-state index in [0.717, 1.165) is 10.0 Å². The van der Waals surface area contributed by atoms with Crippen LogP contribution in [0.25, 0.3) is 4.85 Å². The average Bonchev–Trinajstić information content (AvgIpc) is 1.98. The summed E-state index contributed by atoms with van der Waals surface area (Å²) in [5.41, 5.74) is 0.760. The summed E-state index contributed by atoms with van der Waals surface area (Å²) in [5.74, 6) is 0. The van der Waals surface area contributed by atoms with Gasteiger partial charge in [0.2, 0.25) is 6.54 Å². The Morgan fingerprint density at radius 2 is 2.45 bits per heavy atom. The van der Waals surface area contributed by atoms with Crippen LogP contribution in [0.15, 0.2) is 16.7 Å². The van der Waals surface area contributed by atoms with Gasteiger partial charge >= 0.3 is 0 Å². The topological polar surface area (TPSA) is 17.2 Å². The van der Waals surface area contributed by atoms with Crippen LogP contribution in [0.1, 0.15) is 5.56 Å². The van der Waals surface area contributed by atoms with Crippen molar-refractivity contribution in [1.29, 1.82) is 0 Å². The summed E-state index contributed by atoms with van der Waals surface area (Å²) in [6.45, 7) is 6.91. The Balaban J connectivity index is 3.05. The predicted molar refractivity (Wildman–Crippen MR) is 47.3 cm³/mol. The molecule has 1 aromatic rings. The Morgan fingerprint density at radius 3 is 3.09 bits per heavy atom. The van der Waals surface area contributed by atoms with Crippen molar-refractivity contribution >= 4 is 27.5 Å². The zero-order chi connectivity index (χ0) is 8.27. The molecule has 0 aromatic carbocycles. The van der Waals surface area contributed by atoms with Crippen molar-refractivity contribution in [3.05, 3.63) is 38.9 Å². The molecule has 1 heterocycles. The third kappa shape index (κ3) is 2.18. The van der Waals surface area contributed by atoms with Crippen molar-refractivity contribution in [2.24, 2.45) is 0 Å². The number of nitrogens with zero attached hydrogens (tertiary/aromatic N) is 2. The molecule has 0 bridgehead atoms. The van der Waals surface area contributed by atoms with Crippen LogP contribution in [0, 0.1) is 6.57 Å². The fourth-order valence-electron chi connectivity index (χ4n) is 0.661. The van der Waals surface area contributed by atoms with Gasteiger partial charge in [-0.1, -0.05) is 11.6 Å². The Hall–Kier alpha value is -0.590. The van der Waals surface area contributed by atoms with Crippen LogP contribution in [-0.2, 0) is 6.54 Å². The van der Waals surface area contributed by atoms with E-state index in [4.69, 9.17) is 18.2 Å². The summed E-state index contributed by atoms with van der Waals surface area (Å²) in [6, 6.07) is 1.80. The first-order valence-corrected chi connectivity index (χ1v) is 4.04. The summed E-state index contributed by atoms with van der Waals surface area (Å²) >= 11 is 8.94. The van der Waals surface area contributed by atoms with E-state index in [1.54, 1.807) is 12.3 Å². The standard InChI is InChI=1S/C7H4BrClN2/c1-10-3-5-2-6(8)4-11-7(5)9/h2,4H,3H2. The van der Waals surface area contributed by atoms with E-state index in [0.29, 0.717) is 5.15 Å². The Kier molecular flexibility index (Phi) is 2.86. The average molecular weight is 231 g/mol. The summed E-state index contributed by atoms with van der Waals surface area (Å²) in [4.78, 5) is 7.09. The van der Waals surface area contributed by atoms with Crippen molar-refractivity contribution in [2.45, 2.75) is 6.54 Å². The predicted octanol–water partition coefficient (Wildman–Crippen LogP) is 2.92. The molecule has 0 saturated carbocycles. The maximum Gasteiger partial charge on any atom is 0.242 e. The van der Waals surface area contributed by atoms with Gasteiger partial charge in [-0.2, -0.15) is 0 Å². The molecule has 4 heteroatoms. The second-order valence-corrected chi connectivity index (χ2v) is 3.19. The fourth-order valence-corrected chi connectivity index (χ4v) is 1.20. The number of halogens is 2. The minimum absolute atomic E-state index is 0.283. The highest BCUT2D eigenvalue weighted by atomic mass is 79.9. The number of hydrogen-bond donors (Lipinski definition) is 0. The second-order valence-electron chi connectivity index (χ2n) is 1.92. The molecule has 0 atom stereocenters. The molecular weight excluding hydrogens is 227 g/mol. The largest absolute Gasteiger partial charge is 0.312 e. The first kappa shape index (κ1) is 8.51. The molecule has 0 aliphatic heterocycles. The van der Waals surface area contributed by atoms with Crippen LogP contribution in [0.3, 0.4) is 0 Å². The minimum Gasteiger partial charge on any atom is -0.312 e. The van der Waals surface area contributed by atoms with Crippen LogP contribution in [0.2, 0.25) is 5.15 Å². The number of aromatic nitrogens is 1. The Labute approximate surface area is 78.2 Å². The van der Waals surface area contributed by atoms with Gasteiger partial charge in [-0.3, -0.25) is 0 Å². The van der Waals surface area contributed by atoms with Crippen molar-refractivity contribution in [2.75, 3.05) is 0 Å². The normalized spacial score (nSPS) is 9.18. The number of hydrogen-bond acceptors (Lipinski definition) is 1. The molecule has 56 valence electrons. The molecular formula is C7H4BrClN2. The van der Waals surface area contributed by atoms with Crippen molar-refractivity contribution in [3.8, 4) is 0 Å². The van der Waals surface area contributed by atoms with E-state index in [-0.39, 0.29) is 6.54 Å². The molecule has 1 aromatic heterocycles. The Bertz CT molecular complexity index is 306. The van der Waals surface area contributed by atoms with E-state index >= 15 is 0 Å². The van der Waals surface area contributed by atoms with Gasteiger partial charge in [0, 0.05) is 10.7 Å². The smallest absolute Gasteiger partial charge is 0.242 e. The lowest BCUT2D eigenvalue weighted by Gasteiger charge is -1.95. The Morgan fingerprint density at radius 1 is 1.73 bits per heavy atom. The maximum absolute atomic E-state index is 6.63. The molecule has 2 nitrogen and oxygen atoms in total. The van der Waals surface area contributed by atoms with E-state index in [1.165, 1.54) is 0 Å². The molecule has 0 aliphatic rings. The second kappa shape index (κ2) is 3.70. The molecule has 0 aliphatic carbocycles. The lowest BCUT2D eigenvalue weighted by Crippen LogP contribution is -1.84. The maximum atomic E-state index is 6.63. The highest BCUT2D eigenvalue weighted by Gasteiger charge is 2.03. The molecule has 0 saturated heterocycles. The van der Waals surface area contributed by atoms with Crippen molar-refractivity contribution in [3.63, 3.8) is 0 Å². The SMILES string of the molecule is [C-]#[N+]Cc1cc(Br)cnc1Cl. The van der Waals surface area contributed by atoms with Gasteiger partial charge in [0.15, 0.2) is 0 Å². The van der Waals surface area contributed by atoms with Gasteiger partial charge in [0.1, 0.15) is 5.15 Å². The van der Waals surface area contributed by atoms with E-state index in [1.807, 2.05) is 0 Å². The van der Waals surface area contributed by atoms with E-state index in [2.05, 4.69) is 25.8 Å². The molecule has 0 radical (unpaired) electrons. The molecule has 11 heavy (non-hydrogen) atoms. The van der Waals surface area contributed by atoms with Gasteiger partial charge in [-0.25, -0.2) is 11.6 Å². The van der Waals surface area contributed by atoms with Crippen LogP contribution in [0.4, 0.5) is 0 Å². The monoisotopic (exact) mass is 230 g/mol. The summed E-state index contributed by atoms with van der Waals surface area (Å²) in [6.07, 6.45) is 1.61. The zero-order valence-corrected chi connectivity index (χ0v) is 7.85. The molecule has 0 spiro atoms. The summed E-state index contributed by atoms with van der Waals surface area (Å²) in [7, 11) is 0. The molecule has 0 unspecified atom stereocenters. The highest BCUT2D eigenvalue weighted by molar-refractivity contribution is 9.10. The van der Waals surface area contributed by atoms with Crippen LogP contribution >= 0.6 is 27.5 Å². The van der Waals surface area contributed by atoms with Crippen LogP contribution in [-0.4, -0.2) is 4.98 Å². The summed E-state index contributed by atoms with van der Waals surface area (Å²) < 4.78 is 0.848. The third-order valence-corrected chi connectivity index (χ3v) is 1.90. The third-order valence-electron chi connectivity index (χ3n) is 1.13. The molecule has 1 rings (SSSR count). The lowest BCUT2D eigenvalue weighted by molar-refractivity contribution is 1.18. The van der Waals surface area contributed by atoms with Crippen molar-refractivity contribution in [1.82, 2.24) is 4.98 Å². The highest BCUT2D eigenvalue weighted by Crippen LogP contribution is 2.18. The first-order chi connectivity index (χ1) is 5.24. The molecule has 0 N–H and O–H groups in total. The molecule has 0 amide bonds. The van der Waals surface area contributed by atoms with Gasteiger partial charge in [-0.05, 0) is 22.0 Å². The van der Waals surface area contributed by atoms with Gasteiger partial charge in [0.25, 0.3) is 0 Å². The van der Waals surface area contributed by atoms with Crippen LogP contribution < -0.4 is 0 Å². The summed E-state index contributed by atoms with van der Waals surface area (Å²) in [5, 5.41) is 0.407. The fraction of sp³-hybridized carbons (Fsp3) is 0.143. The van der Waals surface area contributed by atoms with E-state index < -0.39 is 0 Å². The van der Waals surface area contributed by atoms with Crippen LogP contribution in [0.5, 0.6) is 0 Å².